The molecule has 3 rings (SSSR count). The van der Waals surface area contributed by atoms with Crippen LogP contribution in [-0.4, -0.2) is 67.7 Å². The van der Waals surface area contributed by atoms with E-state index in [-0.39, 0.29) is 0 Å². The summed E-state index contributed by atoms with van der Waals surface area (Å²) in [5, 5.41) is 3.92. The number of piperidine rings is 1. The highest BCUT2D eigenvalue weighted by Gasteiger charge is 2.24. The second-order valence-corrected chi connectivity index (χ2v) is 9.46. The van der Waals surface area contributed by atoms with Crippen molar-refractivity contribution in [3.05, 3.63) is 30.3 Å². The SMILES string of the molecule is CCNC(=NCC(C)Sc1ccccc1)N1CCC(OCC2CCCCO2)CC1. The van der Waals surface area contributed by atoms with Gasteiger partial charge < -0.3 is 19.7 Å². The third-order valence-electron chi connectivity index (χ3n) is 5.45. The maximum Gasteiger partial charge on any atom is 0.193 e. The highest BCUT2D eigenvalue weighted by Crippen LogP contribution is 2.23. The molecule has 2 saturated heterocycles. The maximum absolute atomic E-state index is 6.16. The molecule has 6 heteroatoms. The predicted molar refractivity (Wildman–Crippen MR) is 122 cm³/mol. The Labute approximate surface area is 180 Å². The summed E-state index contributed by atoms with van der Waals surface area (Å²) in [4.78, 5) is 8.62. The fraction of sp³-hybridized carbons (Fsp3) is 0.696. The summed E-state index contributed by atoms with van der Waals surface area (Å²) in [7, 11) is 0. The molecule has 2 aliphatic rings. The Morgan fingerprint density at radius 1 is 1.24 bits per heavy atom. The molecule has 29 heavy (non-hydrogen) atoms. The highest BCUT2D eigenvalue weighted by molar-refractivity contribution is 8.00. The van der Waals surface area contributed by atoms with Gasteiger partial charge in [0.15, 0.2) is 5.96 Å². The van der Waals surface area contributed by atoms with Gasteiger partial charge in [-0.15, -0.1) is 11.8 Å². The summed E-state index contributed by atoms with van der Waals surface area (Å²) in [6, 6.07) is 10.6. The van der Waals surface area contributed by atoms with Crippen molar-refractivity contribution < 1.29 is 9.47 Å². The topological polar surface area (TPSA) is 46.1 Å². The predicted octanol–water partition coefficient (Wildman–Crippen LogP) is 4.18. The van der Waals surface area contributed by atoms with Crippen LogP contribution in [0.15, 0.2) is 40.2 Å². The Morgan fingerprint density at radius 3 is 2.72 bits per heavy atom. The average Bonchev–Trinajstić information content (AvgIpc) is 2.77. The number of ether oxygens (including phenoxy) is 2. The third-order valence-corrected chi connectivity index (χ3v) is 6.54. The minimum atomic E-state index is 0.310. The van der Waals surface area contributed by atoms with Crippen LogP contribution >= 0.6 is 11.8 Å². The second-order valence-electron chi connectivity index (χ2n) is 7.94. The van der Waals surface area contributed by atoms with Gasteiger partial charge in [0.2, 0.25) is 0 Å². The largest absolute Gasteiger partial charge is 0.376 e. The first-order valence-electron chi connectivity index (χ1n) is 11.2. The molecule has 2 heterocycles. The number of hydrogen-bond acceptors (Lipinski definition) is 4. The number of benzene rings is 1. The molecule has 1 aromatic carbocycles. The van der Waals surface area contributed by atoms with Gasteiger partial charge in [-0.3, -0.25) is 4.99 Å². The molecule has 2 atom stereocenters. The molecule has 2 aliphatic heterocycles. The first-order valence-corrected chi connectivity index (χ1v) is 12.1. The van der Waals surface area contributed by atoms with E-state index in [1.807, 2.05) is 11.8 Å². The van der Waals surface area contributed by atoms with Crippen molar-refractivity contribution in [2.24, 2.45) is 4.99 Å². The molecular formula is C23H37N3O2S. The standard InChI is InChI=1S/C23H37N3O2S/c1-3-24-23(25-17-19(2)29-22-10-5-4-6-11-22)26-14-12-20(13-15-26)28-18-21-9-7-8-16-27-21/h4-6,10-11,19-21H,3,7-9,12-18H2,1-2H3,(H,24,25). The molecule has 162 valence electrons. The molecule has 0 radical (unpaired) electrons. The Morgan fingerprint density at radius 2 is 2.03 bits per heavy atom. The number of likely N-dealkylation sites (tertiary alicyclic amines) is 1. The lowest BCUT2D eigenvalue weighted by molar-refractivity contribution is -0.0721. The van der Waals surface area contributed by atoms with Crippen LogP contribution in [0.1, 0.15) is 46.0 Å². The molecule has 0 amide bonds. The minimum absolute atomic E-state index is 0.310. The molecule has 0 spiro atoms. The normalized spacial score (nSPS) is 22.5. The molecule has 2 unspecified atom stereocenters. The van der Waals surface area contributed by atoms with Crippen molar-refractivity contribution in [3.63, 3.8) is 0 Å². The van der Waals surface area contributed by atoms with Gasteiger partial charge in [-0.2, -0.15) is 0 Å². The van der Waals surface area contributed by atoms with Crippen molar-refractivity contribution in [2.75, 3.05) is 39.4 Å². The van der Waals surface area contributed by atoms with Crippen molar-refractivity contribution in [3.8, 4) is 0 Å². The third kappa shape index (κ3) is 7.83. The molecular weight excluding hydrogens is 382 g/mol. The second kappa shape index (κ2) is 12.5. The fourth-order valence-electron chi connectivity index (χ4n) is 3.83. The molecule has 2 fully saturated rings. The number of thioether (sulfide) groups is 1. The van der Waals surface area contributed by atoms with Gasteiger partial charge in [0.05, 0.1) is 25.4 Å². The van der Waals surface area contributed by atoms with Crippen molar-refractivity contribution in [1.29, 1.82) is 0 Å². The lowest BCUT2D eigenvalue weighted by Gasteiger charge is -2.35. The Bertz CT molecular complexity index is 599. The van der Waals surface area contributed by atoms with Crippen LogP contribution in [0.25, 0.3) is 0 Å². The first kappa shape index (κ1) is 22.4. The van der Waals surface area contributed by atoms with Gasteiger partial charge in [0.25, 0.3) is 0 Å². The number of aliphatic imine (C=N–C) groups is 1. The smallest absolute Gasteiger partial charge is 0.193 e. The van der Waals surface area contributed by atoms with Crippen LogP contribution in [0.5, 0.6) is 0 Å². The van der Waals surface area contributed by atoms with E-state index in [1.54, 1.807) is 0 Å². The van der Waals surface area contributed by atoms with Gasteiger partial charge in [-0.1, -0.05) is 25.1 Å². The van der Waals surface area contributed by atoms with Crippen molar-refractivity contribution in [1.82, 2.24) is 10.2 Å². The van der Waals surface area contributed by atoms with Gasteiger partial charge in [-0.25, -0.2) is 0 Å². The van der Waals surface area contributed by atoms with Crippen molar-refractivity contribution >= 4 is 17.7 Å². The average molecular weight is 420 g/mol. The van der Waals surface area contributed by atoms with Crippen molar-refractivity contribution in [2.45, 2.75) is 68.3 Å². The van der Waals surface area contributed by atoms with E-state index >= 15 is 0 Å². The van der Waals surface area contributed by atoms with E-state index in [2.05, 4.69) is 54.4 Å². The zero-order valence-electron chi connectivity index (χ0n) is 18.0. The quantitative estimate of drug-likeness (QED) is 0.389. The number of guanidine groups is 1. The minimum Gasteiger partial charge on any atom is -0.376 e. The summed E-state index contributed by atoms with van der Waals surface area (Å²) < 4.78 is 12.0. The van der Waals surface area contributed by atoms with Gasteiger partial charge in [0, 0.05) is 36.4 Å². The van der Waals surface area contributed by atoms with Crippen LogP contribution in [0, 0.1) is 0 Å². The van der Waals surface area contributed by atoms with E-state index < -0.39 is 0 Å². The zero-order valence-corrected chi connectivity index (χ0v) is 18.8. The van der Waals surface area contributed by atoms with E-state index in [4.69, 9.17) is 14.5 Å². The van der Waals surface area contributed by atoms with E-state index in [9.17, 15) is 0 Å². The fourth-order valence-corrected chi connectivity index (χ4v) is 4.75. The molecule has 0 saturated carbocycles. The van der Waals surface area contributed by atoms with E-state index in [1.165, 1.54) is 17.7 Å². The highest BCUT2D eigenvalue weighted by atomic mass is 32.2. The summed E-state index contributed by atoms with van der Waals surface area (Å²) in [6.07, 6.45) is 6.41. The van der Waals surface area contributed by atoms with E-state index in [0.29, 0.717) is 17.5 Å². The van der Waals surface area contributed by atoms with Crippen LogP contribution < -0.4 is 5.32 Å². The van der Waals surface area contributed by atoms with E-state index in [0.717, 1.165) is 64.6 Å². The van der Waals surface area contributed by atoms with Crippen LogP contribution in [-0.2, 0) is 9.47 Å². The summed E-state index contributed by atoms with van der Waals surface area (Å²) in [5.74, 6) is 1.04. The Hall–Kier alpha value is -1.24. The molecule has 0 aromatic heterocycles. The molecule has 5 nitrogen and oxygen atoms in total. The number of nitrogens with zero attached hydrogens (tertiary/aromatic N) is 2. The summed E-state index contributed by atoms with van der Waals surface area (Å²) >= 11 is 1.89. The number of rotatable bonds is 8. The molecule has 1 N–H and O–H groups in total. The summed E-state index contributed by atoms with van der Waals surface area (Å²) in [6.45, 7) is 9.76. The Kier molecular flexibility index (Phi) is 9.64. The lowest BCUT2D eigenvalue weighted by atomic mass is 10.1. The van der Waals surface area contributed by atoms with Crippen LogP contribution in [0.3, 0.4) is 0 Å². The zero-order chi connectivity index (χ0) is 20.3. The maximum atomic E-state index is 6.16. The number of nitrogens with one attached hydrogen (secondary N) is 1. The van der Waals surface area contributed by atoms with Crippen LogP contribution in [0.2, 0.25) is 0 Å². The molecule has 0 aliphatic carbocycles. The Balaban J connectivity index is 1.42. The van der Waals surface area contributed by atoms with Gasteiger partial charge >= 0.3 is 0 Å². The summed E-state index contributed by atoms with van der Waals surface area (Å²) in [5.41, 5.74) is 0. The molecule has 0 bridgehead atoms. The van der Waals surface area contributed by atoms with Gasteiger partial charge in [0.1, 0.15) is 0 Å². The monoisotopic (exact) mass is 419 g/mol. The first-order chi connectivity index (χ1) is 14.2. The lowest BCUT2D eigenvalue weighted by Crippen LogP contribution is -2.47. The molecule has 1 aromatic rings. The van der Waals surface area contributed by atoms with Crippen LogP contribution in [0.4, 0.5) is 0 Å². The number of hydrogen-bond donors (Lipinski definition) is 1. The van der Waals surface area contributed by atoms with Gasteiger partial charge in [-0.05, 0) is 51.2 Å².